The first kappa shape index (κ1) is 27.3. The molecule has 0 amide bonds. The highest BCUT2D eigenvalue weighted by Crippen LogP contribution is 2.21. The van der Waals surface area contributed by atoms with Crippen molar-refractivity contribution in [1.82, 2.24) is 9.97 Å². The number of benzene rings is 1. The highest BCUT2D eigenvalue weighted by atomic mass is 16.5. The molecule has 184 valence electrons. The first-order valence-corrected chi connectivity index (χ1v) is 13.3. The summed E-state index contributed by atoms with van der Waals surface area (Å²) in [4.78, 5) is 9.13. The highest BCUT2D eigenvalue weighted by Gasteiger charge is 2.11. The Hall–Kier alpha value is -1.94. The van der Waals surface area contributed by atoms with Gasteiger partial charge in [0.1, 0.15) is 12.4 Å². The monoisotopic (exact) mass is 454 g/mol. The zero-order chi connectivity index (χ0) is 23.7. The Bertz CT molecular complexity index is 730. The molecule has 0 aliphatic carbocycles. The number of hydrogen-bond acceptors (Lipinski definition) is 4. The number of unbranched alkanes of at least 4 members (excludes halogenated alkanes) is 8. The second-order valence-corrected chi connectivity index (χ2v) is 9.61. The number of aliphatic hydroxyl groups excluding tert-OH is 1. The average Bonchev–Trinajstić information content (AvgIpc) is 2.84. The maximum atomic E-state index is 10.2. The fourth-order valence-electron chi connectivity index (χ4n) is 4.19. The molecule has 0 saturated carbocycles. The predicted molar refractivity (Wildman–Crippen MR) is 139 cm³/mol. The van der Waals surface area contributed by atoms with E-state index in [0.29, 0.717) is 12.5 Å². The van der Waals surface area contributed by atoms with Crippen molar-refractivity contribution < 1.29 is 9.84 Å². The van der Waals surface area contributed by atoms with Crippen molar-refractivity contribution in [2.75, 3.05) is 6.61 Å². The van der Waals surface area contributed by atoms with Crippen LogP contribution >= 0.6 is 0 Å². The van der Waals surface area contributed by atoms with Gasteiger partial charge in [-0.05, 0) is 55.0 Å². The molecule has 0 unspecified atom stereocenters. The third kappa shape index (κ3) is 11.7. The molecule has 2 aromatic rings. The fraction of sp³-hybridized carbons (Fsp3) is 0.655. The van der Waals surface area contributed by atoms with Crippen LogP contribution in [-0.4, -0.2) is 27.8 Å². The summed E-state index contributed by atoms with van der Waals surface area (Å²) in [6.45, 7) is 7.00. The van der Waals surface area contributed by atoms with Crippen LogP contribution in [0, 0.1) is 5.92 Å². The van der Waals surface area contributed by atoms with E-state index in [4.69, 9.17) is 4.74 Å². The van der Waals surface area contributed by atoms with Crippen LogP contribution in [0.25, 0.3) is 11.4 Å². The molecule has 0 spiro atoms. The summed E-state index contributed by atoms with van der Waals surface area (Å²) in [7, 11) is 0. The highest BCUT2D eigenvalue weighted by molar-refractivity contribution is 5.55. The minimum atomic E-state index is -0.423. The molecule has 0 aliphatic rings. The number of rotatable bonds is 18. The van der Waals surface area contributed by atoms with Crippen LogP contribution in [0.15, 0.2) is 36.7 Å². The Morgan fingerprint density at radius 3 is 2.06 bits per heavy atom. The van der Waals surface area contributed by atoms with Gasteiger partial charge < -0.3 is 9.84 Å². The summed E-state index contributed by atoms with van der Waals surface area (Å²) in [6, 6.07) is 7.83. The summed E-state index contributed by atoms with van der Waals surface area (Å²) in [5.41, 5.74) is 2.20. The molecule has 2 rings (SSSR count). The summed E-state index contributed by atoms with van der Waals surface area (Å²) in [5, 5.41) is 10.2. The second-order valence-electron chi connectivity index (χ2n) is 9.61. The van der Waals surface area contributed by atoms with Crippen molar-refractivity contribution >= 4 is 0 Å². The topological polar surface area (TPSA) is 55.2 Å². The molecular formula is C29H46N2O2. The van der Waals surface area contributed by atoms with E-state index in [1.54, 1.807) is 0 Å². The Morgan fingerprint density at radius 2 is 1.42 bits per heavy atom. The number of nitrogens with zero attached hydrogens (tertiary/aromatic N) is 2. The molecule has 33 heavy (non-hydrogen) atoms. The first-order valence-electron chi connectivity index (χ1n) is 13.3. The SMILES string of the molecule is CCCCCCCCCCc1cnc(-c2ccc(OC[C@H](O)C[C@@H](C)CCCC)cc2)nc1. The van der Waals surface area contributed by atoms with Crippen molar-refractivity contribution in [1.29, 1.82) is 0 Å². The van der Waals surface area contributed by atoms with E-state index in [2.05, 4.69) is 30.7 Å². The zero-order valence-electron chi connectivity index (χ0n) is 21.3. The Morgan fingerprint density at radius 1 is 0.818 bits per heavy atom. The smallest absolute Gasteiger partial charge is 0.159 e. The summed E-state index contributed by atoms with van der Waals surface area (Å²) in [6.07, 6.45) is 19.6. The zero-order valence-corrected chi connectivity index (χ0v) is 21.3. The van der Waals surface area contributed by atoms with E-state index < -0.39 is 6.10 Å². The maximum Gasteiger partial charge on any atom is 0.159 e. The Labute approximate surface area is 202 Å². The molecule has 2 atom stereocenters. The third-order valence-electron chi connectivity index (χ3n) is 6.30. The lowest BCUT2D eigenvalue weighted by Crippen LogP contribution is -2.20. The molecule has 4 nitrogen and oxygen atoms in total. The van der Waals surface area contributed by atoms with Crippen LogP contribution < -0.4 is 4.74 Å². The fourth-order valence-corrected chi connectivity index (χ4v) is 4.19. The van der Waals surface area contributed by atoms with Crippen LogP contribution in [0.4, 0.5) is 0 Å². The normalized spacial score (nSPS) is 13.1. The molecule has 1 aromatic heterocycles. The number of ether oxygens (including phenoxy) is 1. The maximum absolute atomic E-state index is 10.2. The largest absolute Gasteiger partial charge is 0.491 e. The minimum absolute atomic E-state index is 0.333. The van der Waals surface area contributed by atoms with Crippen molar-refractivity contribution in [3.63, 3.8) is 0 Å². The van der Waals surface area contributed by atoms with Crippen LogP contribution in [0.5, 0.6) is 5.75 Å². The summed E-state index contributed by atoms with van der Waals surface area (Å²) in [5.74, 6) is 2.04. The molecule has 4 heteroatoms. The van der Waals surface area contributed by atoms with Crippen LogP contribution in [0.2, 0.25) is 0 Å². The van der Waals surface area contributed by atoms with E-state index in [9.17, 15) is 5.11 Å². The molecule has 0 aliphatic heterocycles. The van der Waals surface area contributed by atoms with Gasteiger partial charge in [0.05, 0.1) is 6.10 Å². The quantitative estimate of drug-likeness (QED) is 0.234. The predicted octanol–water partition coefficient (Wildman–Crippen LogP) is 7.78. The third-order valence-corrected chi connectivity index (χ3v) is 6.30. The standard InChI is InChI=1S/C29H46N2O2/c1-4-6-8-9-10-11-12-13-15-25-21-30-29(31-22-25)26-16-18-28(19-17-26)33-23-27(32)20-24(3)14-7-5-2/h16-19,21-22,24,27,32H,4-15,20,23H2,1-3H3/t24-,27+/m0/s1. The lowest BCUT2D eigenvalue weighted by Gasteiger charge is -2.17. The molecule has 1 N–H and O–H groups in total. The van der Waals surface area contributed by atoms with Gasteiger partial charge in [0.2, 0.25) is 0 Å². The van der Waals surface area contributed by atoms with Crippen LogP contribution in [0.3, 0.4) is 0 Å². The van der Waals surface area contributed by atoms with Gasteiger partial charge in [-0.15, -0.1) is 0 Å². The number of aromatic nitrogens is 2. The lowest BCUT2D eigenvalue weighted by molar-refractivity contribution is 0.0856. The van der Waals surface area contributed by atoms with Gasteiger partial charge >= 0.3 is 0 Å². The molecule has 0 fully saturated rings. The first-order chi connectivity index (χ1) is 16.1. The molecule has 0 saturated heterocycles. The van der Waals surface area contributed by atoms with E-state index in [0.717, 1.165) is 30.0 Å². The van der Waals surface area contributed by atoms with E-state index in [1.807, 2.05) is 36.7 Å². The second kappa shape index (κ2) is 16.6. The van der Waals surface area contributed by atoms with E-state index in [1.165, 1.54) is 76.2 Å². The van der Waals surface area contributed by atoms with Crippen molar-refractivity contribution in [2.24, 2.45) is 5.92 Å². The van der Waals surface area contributed by atoms with Gasteiger partial charge in [0.15, 0.2) is 5.82 Å². The molecule has 0 radical (unpaired) electrons. The summed E-state index contributed by atoms with van der Waals surface area (Å²) < 4.78 is 5.78. The molecule has 1 aromatic carbocycles. The molecular weight excluding hydrogens is 408 g/mol. The van der Waals surface area contributed by atoms with Gasteiger partial charge in [-0.1, -0.05) is 85.0 Å². The number of hydrogen-bond donors (Lipinski definition) is 1. The molecule has 0 bridgehead atoms. The molecule has 1 heterocycles. The Balaban J connectivity index is 1.69. The number of aryl methyl sites for hydroxylation is 1. The van der Waals surface area contributed by atoms with Crippen molar-refractivity contribution in [2.45, 2.75) is 110 Å². The van der Waals surface area contributed by atoms with Crippen LogP contribution in [-0.2, 0) is 6.42 Å². The van der Waals surface area contributed by atoms with Gasteiger partial charge in [-0.25, -0.2) is 9.97 Å². The minimum Gasteiger partial charge on any atom is -0.491 e. The number of aliphatic hydroxyl groups is 1. The van der Waals surface area contributed by atoms with Crippen molar-refractivity contribution in [3.8, 4) is 17.1 Å². The summed E-state index contributed by atoms with van der Waals surface area (Å²) >= 11 is 0. The van der Waals surface area contributed by atoms with Gasteiger partial charge in [-0.2, -0.15) is 0 Å². The van der Waals surface area contributed by atoms with Gasteiger partial charge in [0, 0.05) is 18.0 Å². The van der Waals surface area contributed by atoms with Gasteiger partial charge in [0.25, 0.3) is 0 Å². The van der Waals surface area contributed by atoms with E-state index >= 15 is 0 Å². The van der Waals surface area contributed by atoms with Crippen molar-refractivity contribution in [3.05, 3.63) is 42.2 Å². The lowest BCUT2D eigenvalue weighted by atomic mass is 9.98. The Kier molecular flexibility index (Phi) is 13.8. The van der Waals surface area contributed by atoms with Gasteiger partial charge in [-0.3, -0.25) is 0 Å². The van der Waals surface area contributed by atoms with Crippen LogP contribution in [0.1, 0.15) is 103 Å². The van der Waals surface area contributed by atoms with E-state index in [-0.39, 0.29) is 0 Å². The average molecular weight is 455 g/mol.